The van der Waals surface area contributed by atoms with Gasteiger partial charge in [-0.1, -0.05) is 30.3 Å². The summed E-state index contributed by atoms with van der Waals surface area (Å²) in [5, 5.41) is 22.6. The number of azo groups is 1. The summed E-state index contributed by atoms with van der Waals surface area (Å²) < 4.78 is 10.2. The summed E-state index contributed by atoms with van der Waals surface area (Å²) in [5.74, 6) is -0.0809. The third-order valence-corrected chi connectivity index (χ3v) is 5.00. The molecule has 0 aliphatic heterocycles. The van der Waals surface area contributed by atoms with Crippen molar-refractivity contribution in [3.63, 3.8) is 0 Å². The zero-order chi connectivity index (χ0) is 20.6. The Morgan fingerprint density at radius 2 is 1.86 bits per heavy atom. The lowest BCUT2D eigenvalue weighted by Gasteiger charge is -2.04. The van der Waals surface area contributed by atoms with Crippen LogP contribution in [-0.4, -0.2) is 24.8 Å². The van der Waals surface area contributed by atoms with Gasteiger partial charge in [0.15, 0.2) is 16.3 Å². The highest BCUT2D eigenvalue weighted by molar-refractivity contribution is 7.19. The first-order chi connectivity index (χ1) is 14.1. The molecule has 0 atom stereocenters. The molecule has 1 heterocycles. The van der Waals surface area contributed by atoms with Crippen molar-refractivity contribution < 1.29 is 19.4 Å². The molecule has 7 nitrogen and oxygen atoms in total. The molecule has 0 amide bonds. The Morgan fingerprint density at radius 3 is 2.52 bits per heavy atom. The Hall–Kier alpha value is -3.39. The second-order valence-electron chi connectivity index (χ2n) is 5.92. The van der Waals surface area contributed by atoms with Gasteiger partial charge in [-0.25, -0.2) is 4.79 Å². The summed E-state index contributed by atoms with van der Waals surface area (Å²) in [4.78, 5) is 12.2. The molecule has 29 heavy (non-hydrogen) atoms. The number of nitrogens with one attached hydrogen (secondary N) is 1. The normalized spacial score (nSPS) is 10.8. The number of nitrogens with zero attached hydrogens (tertiary/aromatic N) is 2. The van der Waals surface area contributed by atoms with Crippen molar-refractivity contribution in [2.75, 3.05) is 19.0 Å². The van der Waals surface area contributed by atoms with Gasteiger partial charge in [0.05, 0.1) is 20.3 Å². The van der Waals surface area contributed by atoms with Crippen molar-refractivity contribution in [3.8, 4) is 11.5 Å². The minimum atomic E-state index is -0.595. The summed E-state index contributed by atoms with van der Waals surface area (Å²) in [5.41, 5.74) is 1.94. The fraction of sp³-hybridized carbons (Fsp3) is 0.190. The van der Waals surface area contributed by atoms with Crippen LogP contribution < -0.4 is 10.1 Å². The number of anilines is 2. The number of thiophene rings is 1. The van der Waals surface area contributed by atoms with Crippen LogP contribution in [0.5, 0.6) is 11.5 Å². The second kappa shape index (κ2) is 9.70. The zero-order valence-electron chi connectivity index (χ0n) is 16.1. The Bertz CT molecular complexity index is 985. The number of hydrogen-bond acceptors (Lipinski definition) is 8. The molecule has 0 radical (unpaired) electrons. The van der Waals surface area contributed by atoms with E-state index in [1.807, 2.05) is 54.6 Å². The number of carbonyl (C=O) groups excluding carboxylic acids is 1. The third-order valence-electron chi connectivity index (χ3n) is 3.93. The van der Waals surface area contributed by atoms with Crippen LogP contribution in [0.2, 0.25) is 0 Å². The van der Waals surface area contributed by atoms with Crippen molar-refractivity contribution in [1.29, 1.82) is 0 Å². The Morgan fingerprint density at radius 1 is 1.14 bits per heavy atom. The number of hydrogen-bond donors (Lipinski definition) is 2. The topological polar surface area (TPSA) is 92.5 Å². The largest absolute Gasteiger partial charge is 0.504 e. The van der Waals surface area contributed by atoms with E-state index in [1.54, 1.807) is 14.0 Å². The van der Waals surface area contributed by atoms with Crippen molar-refractivity contribution >= 4 is 33.7 Å². The molecular formula is C21H21N3O4S. The first-order valence-electron chi connectivity index (χ1n) is 8.97. The zero-order valence-corrected chi connectivity index (χ0v) is 16.9. The molecule has 8 heteroatoms. The molecule has 3 aromatic rings. The van der Waals surface area contributed by atoms with E-state index < -0.39 is 5.97 Å². The van der Waals surface area contributed by atoms with E-state index in [-0.39, 0.29) is 22.9 Å². The molecular weight excluding hydrogens is 390 g/mol. The molecule has 3 rings (SSSR count). The van der Waals surface area contributed by atoms with Crippen molar-refractivity contribution in [1.82, 2.24) is 0 Å². The number of ether oxygens (including phenoxy) is 2. The van der Waals surface area contributed by atoms with E-state index in [0.717, 1.165) is 28.3 Å². The standard InChI is InChI=1S/C21H21N3O4S/c1-3-28-21(26)19-18(25)17(20(29-19)23-15-7-5-4-6-8-15)24-22-13-14-9-11-16(27-2)12-10-14/h4-12,23,25H,3,13H2,1-2H3. The predicted molar refractivity (Wildman–Crippen MR) is 113 cm³/mol. The van der Waals surface area contributed by atoms with Gasteiger partial charge in [-0.15, -0.1) is 16.5 Å². The van der Waals surface area contributed by atoms with Crippen LogP contribution >= 0.6 is 11.3 Å². The van der Waals surface area contributed by atoms with Gasteiger partial charge in [0.1, 0.15) is 10.8 Å². The van der Waals surface area contributed by atoms with Crippen LogP contribution in [0.25, 0.3) is 0 Å². The first kappa shape index (κ1) is 20.3. The van der Waals surface area contributed by atoms with Gasteiger partial charge in [-0.3, -0.25) is 0 Å². The van der Waals surface area contributed by atoms with Crippen LogP contribution in [-0.2, 0) is 11.3 Å². The number of carbonyl (C=O) groups is 1. The summed E-state index contributed by atoms with van der Waals surface area (Å²) in [6.07, 6.45) is 0. The SMILES string of the molecule is CCOC(=O)c1sc(Nc2ccccc2)c(N=NCc2ccc(OC)cc2)c1O. The van der Waals surface area contributed by atoms with Gasteiger partial charge in [-0.05, 0) is 36.8 Å². The summed E-state index contributed by atoms with van der Waals surface area (Å²) in [7, 11) is 1.61. The van der Waals surface area contributed by atoms with Crippen LogP contribution in [0.3, 0.4) is 0 Å². The van der Waals surface area contributed by atoms with Crippen molar-refractivity contribution in [2.45, 2.75) is 13.5 Å². The fourth-order valence-electron chi connectivity index (χ4n) is 2.50. The Balaban J connectivity index is 1.86. The highest BCUT2D eigenvalue weighted by Gasteiger charge is 2.24. The molecule has 150 valence electrons. The van der Waals surface area contributed by atoms with Gasteiger partial charge < -0.3 is 19.9 Å². The highest BCUT2D eigenvalue weighted by Crippen LogP contribution is 2.47. The third kappa shape index (κ3) is 5.11. The highest BCUT2D eigenvalue weighted by atomic mass is 32.1. The van der Waals surface area contributed by atoms with Crippen LogP contribution in [0, 0.1) is 0 Å². The van der Waals surface area contributed by atoms with Gasteiger partial charge in [0.2, 0.25) is 0 Å². The molecule has 0 saturated heterocycles. The second-order valence-corrected chi connectivity index (χ2v) is 6.94. The van der Waals surface area contributed by atoms with E-state index >= 15 is 0 Å². The smallest absolute Gasteiger partial charge is 0.352 e. The lowest BCUT2D eigenvalue weighted by molar-refractivity contribution is 0.0529. The van der Waals surface area contributed by atoms with Gasteiger partial charge in [0, 0.05) is 5.69 Å². The molecule has 0 fully saturated rings. The lowest BCUT2D eigenvalue weighted by Crippen LogP contribution is -2.02. The van der Waals surface area contributed by atoms with Gasteiger partial charge in [0.25, 0.3) is 0 Å². The van der Waals surface area contributed by atoms with E-state index in [1.165, 1.54) is 0 Å². The summed E-state index contributed by atoms with van der Waals surface area (Å²) >= 11 is 1.07. The monoisotopic (exact) mass is 411 g/mol. The van der Waals surface area contributed by atoms with E-state index in [2.05, 4.69) is 15.5 Å². The maximum atomic E-state index is 12.2. The molecule has 0 bridgehead atoms. The average Bonchev–Trinajstić information content (AvgIpc) is 3.05. The van der Waals surface area contributed by atoms with Crippen LogP contribution in [0.1, 0.15) is 22.2 Å². The van der Waals surface area contributed by atoms with Crippen LogP contribution in [0.15, 0.2) is 64.8 Å². The number of rotatable bonds is 8. The van der Waals surface area contributed by atoms with E-state index in [4.69, 9.17) is 9.47 Å². The number of esters is 1. The Labute approximate surface area is 172 Å². The molecule has 2 N–H and O–H groups in total. The predicted octanol–water partition coefficient (Wildman–Crippen LogP) is 5.67. The van der Waals surface area contributed by atoms with E-state index in [0.29, 0.717) is 11.5 Å². The quantitative estimate of drug-likeness (QED) is 0.368. The molecule has 0 aliphatic carbocycles. The molecule has 2 aromatic carbocycles. The minimum Gasteiger partial charge on any atom is -0.504 e. The van der Waals surface area contributed by atoms with Crippen LogP contribution in [0.4, 0.5) is 16.4 Å². The molecule has 0 aliphatic rings. The minimum absolute atomic E-state index is 0.0867. The maximum absolute atomic E-state index is 12.2. The molecule has 0 spiro atoms. The Kier molecular flexibility index (Phi) is 6.80. The lowest BCUT2D eigenvalue weighted by atomic mass is 10.2. The fourth-order valence-corrected chi connectivity index (χ4v) is 3.44. The van der Waals surface area contributed by atoms with Crippen molar-refractivity contribution in [2.24, 2.45) is 10.2 Å². The van der Waals surface area contributed by atoms with E-state index in [9.17, 15) is 9.90 Å². The summed E-state index contributed by atoms with van der Waals surface area (Å²) in [6, 6.07) is 16.9. The first-order valence-corrected chi connectivity index (χ1v) is 9.79. The number of aromatic hydroxyl groups is 1. The molecule has 0 unspecified atom stereocenters. The van der Waals surface area contributed by atoms with Crippen molar-refractivity contribution in [3.05, 3.63) is 65.0 Å². The number of methoxy groups -OCH3 is 1. The molecule has 1 aromatic heterocycles. The van der Waals surface area contributed by atoms with Gasteiger partial charge in [-0.2, -0.15) is 5.11 Å². The summed E-state index contributed by atoms with van der Waals surface area (Å²) in [6.45, 7) is 2.24. The maximum Gasteiger partial charge on any atom is 0.352 e. The number of para-hydroxylation sites is 1. The molecule has 0 saturated carbocycles. The van der Waals surface area contributed by atoms with Gasteiger partial charge >= 0.3 is 5.97 Å². The average molecular weight is 411 g/mol. The number of benzene rings is 2.